The van der Waals surface area contributed by atoms with E-state index in [1.165, 1.54) is 18.9 Å². The van der Waals surface area contributed by atoms with Crippen LogP contribution in [-0.4, -0.2) is 54.5 Å². The highest BCUT2D eigenvalue weighted by Crippen LogP contribution is 2.28. The summed E-state index contributed by atoms with van der Waals surface area (Å²) in [5.41, 5.74) is 0.770. The van der Waals surface area contributed by atoms with Gasteiger partial charge in [-0.15, -0.1) is 0 Å². The molecule has 21 heavy (non-hydrogen) atoms. The van der Waals surface area contributed by atoms with Crippen LogP contribution in [0.3, 0.4) is 0 Å². The summed E-state index contributed by atoms with van der Waals surface area (Å²) in [5, 5.41) is 2.97. The van der Waals surface area contributed by atoms with Crippen molar-refractivity contribution in [3.8, 4) is 0 Å². The Morgan fingerprint density at radius 2 is 2.00 bits per heavy atom. The number of hydrogen-bond acceptors (Lipinski definition) is 3. The Morgan fingerprint density at radius 1 is 1.29 bits per heavy atom. The van der Waals surface area contributed by atoms with Crippen molar-refractivity contribution in [1.29, 1.82) is 0 Å². The molecule has 1 saturated heterocycles. The third kappa shape index (κ3) is 3.02. The molecule has 1 aromatic carbocycles. The van der Waals surface area contributed by atoms with Crippen molar-refractivity contribution in [3.05, 3.63) is 29.6 Å². The van der Waals surface area contributed by atoms with Crippen molar-refractivity contribution in [2.24, 2.45) is 0 Å². The van der Waals surface area contributed by atoms with Crippen LogP contribution < -0.4 is 5.32 Å². The summed E-state index contributed by atoms with van der Waals surface area (Å²) in [6.07, 6.45) is 2.59. The molecule has 0 bridgehead atoms. The van der Waals surface area contributed by atoms with Crippen LogP contribution in [0.2, 0.25) is 0 Å². The second-order valence-electron chi connectivity index (χ2n) is 5.75. The average molecular weight is 291 g/mol. The largest absolute Gasteiger partial charge is 0.382 e. The molecule has 1 aliphatic heterocycles. The molecule has 1 N–H and O–H groups in total. The van der Waals surface area contributed by atoms with Gasteiger partial charge in [-0.3, -0.25) is 9.69 Å². The van der Waals surface area contributed by atoms with Gasteiger partial charge in [-0.1, -0.05) is 6.07 Å². The summed E-state index contributed by atoms with van der Waals surface area (Å²) >= 11 is 0. The molecule has 0 radical (unpaired) electrons. The maximum Gasteiger partial charge on any atom is 0.256 e. The predicted molar refractivity (Wildman–Crippen MR) is 81.1 cm³/mol. The molecule has 5 heteroatoms. The maximum absolute atomic E-state index is 13.9. The molecule has 0 atom stereocenters. The lowest BCUT2D eigenvalue weighted by molar-refractivity contribution is 0.0628. The standard InChI is InChI=1S/C16H22FN3O/c1-2-18-15-13(4-3-5-14(15)17)16(21)20-10-8-19(9-11-20)12-6-7-12/h3-5,12,18H,2,6-11H2,1H3. The highest BCUT2D eigenvalue weighted by Gasteiger charge is 2.32. The first-order valence-corrected chi connectivity index (χ1v) is 7.76. The van der Waals surface area contributed by atoms with Crippen molar-refractivity contribution in [2.75, 3.05) is 38.0 Å². The minimum absolute atomic E-state index is 0.0686. The molecule has 1 aliphatic carbocycles. The summed E-state index contributed by atoms with van der Waals surface area (Å²) in [4.78, 5) is 16.9. The summed E-state index contributed by atoms with van der Waals surface area (Å²) in [5.74, 6) is -0.430. The van der Waals surface area contributed by atoms with Gasteiger partial charge in [0.1, 0.15) is 5.82 Å². The van der Waals surface area contributed by atoms with E-state index in [4.69, 9.17) is 0 Å². The van der Waals surface area contributed by atoms with Gasteiger partial charge < -0.3 is 10.2 Å². The predicted octanol–water partition coefficient (Wildman–Crippen LogP) is 2.18. The Bertz CT molecular complexity index is 522. The van der Waals surface area contributed by atoms with Crippen molar-refractivity contribution in [3.63, 3.8) is 0 Å². The first kappa shape index (κ1) is 14.3. The average Bonchev–Trinajstić information content (AvgIpc) is 3.34. The molecule has 1 amide bonds. The number of carbonyl (C=O) groups excluding carboxylic acids is 1. The van der Waals surface area contributed by atoms with Gasteiger partial charge in [-0.05, 0) is 31.9 Å². The lowest BCUT2D eigenvalue weighted by Crippen LogP contribution is -2.49. The third-order valence-corrected chi connectivity index (χ3v) is 4.26. The zero-order valence-electron chi connectivity index (χ0n) is 12.4. The summed E-state index contributed by atoms with van der Waals surface area (Å²) in [7, 11) is 0. The fraction of sp³-hybridized carbons (Fsp3) is 0.562. The van der Waals surface area contributed by atoms with E-state index in [0.29, 0.717) is 17.8 Å². The molecule has 4 nitrogen and oxygen atoms in total. The van der Waals surface area contributed by atoms with E-state index >= 15 is 0 Å². The SMILES string of the molecule is CCNc1c(F)cccc1C(=O)N1CCN(C2CC2)CC1. The summed E-state index contributed by atoms with van der Waals surface area (Å²) < 4.78 is 13.9. The van der Waals surface area contributed by atoms with E-state index < -0.39 is 0 Å². The van der Waals surface area contributed by atoms with Crippen LogP contribution in [0, 0.1) is 5.82 Å². The molecule has 1 aromatic rings. The number of piperazine rings is 1. The Hall–Kier alpha value is -1.62. The zero-order valence-corrected chi connectivity index (χ0v) is 12.4. The smallest absolute Gasteiger partial charge is 0.256 e. The number of amides is 1. The summed E-state index contributed by atoms with van der Waals surface area (Å²) in [6.45, 7) is 5.82. The van der Waals surface area contributed by atoms with Gasteiger partial charge in [-0.2, -0.15) is 0 Å². The first-order chi connectivity index (χ1) is 10.2. The second kappa shape index (κ2) is 6.02. The van der Waals surface area contributed by atoms with Crippen LogP contribution in [0.25, 0.3) is 0 Å². The fourth-order valence-corrected chi connectivity index (χ4v) is 2.96. The van der Waals surface area contributed by atoms with E-state index in [0.717, 1.165) is 32.2 Å². The van der Waals surface area contributed by atoms with Crippen LogP contribution >= 0.6 is 0 Å². The van der Waals surface area contributed by atoms with Crippen LogP contribution in [0.1, 0.15) is 30.1 Å². The van der Waals surface area contributed by atoms with Crippen molar-refractivity contribution in [1.82, 2.24) is 9.80 Å². The lowest BCUT2D eigenvalue weighted by atomic mass is 10.1. The Kier molecular flexibility index (Phi) is 4.10. The van der Waals surface area contributed by atoms with E-state index in [1.807, 2.05) is 11.8 Å². The van der Waals surface area contributed by atoms with Crippen LogP contribution in [0.15, 0.2) is 18.2 Å². The van der Waals surface area contributed by atoms with Crippen LogP contribution in [0.5, 0.6) is 0 Å². The van der Waals surface area contributed by atoms with Crippen molar-refractivity contribution in [2.45, 2.75) is 25.8 Å². The number of carbonyl (C=O) groups is 1. The van der Waals surface area contributed by atoms with Gasteiger partial charge in [0.25, 0.3) is 5.91 Å². The van der Waals surface area contributed by atoms with Crippen molar-refractivity contribution >= 4 is 11.6 Å². The molecular weight excluding hydrogens is 269 g/mol. The number of nitrogens with zero attached hydrogens (tertiary/aromatic N) is 2. The highest BCUT2D eigenvalue weighted by molar-refractivity contribution is 5.99. The number of nitrogens with one attached hydrogen (secondary N) is 1. The zero-order chi connectivity index (χ0) is 14.8. The molecule has 3 rings (SSSR count). The maximum atomic E-state index is 13.9. The summed E-state index contributed by atoms with van der Waals surface area (Å²) in [6, 6.07) is 5.44. The van der Waals surface area contributed by atoms with Gasteiger partial charge in [-0.25, -0.2) is 4.39 Å². The number of anilines is 1. The monoisotopic (exact) mass is 291 g/mol. The molecule has 114 valence electrons. The normalized spacial score (nSPS) is 19.6. The molecule has 1 heterocycles. The van der Waals surface area contributed by atoms with Gasteiger partial charge in [0.2, 0.25) is 0 Å². The van der Waals surface area contributed by atoms with E-state index in [9.17, 15) is 9.18 Å². The molecule has 0 spiro atoms. The van der Waals surface area contributed by atoms with Gasteiger partial charge in [0.05, 0.1) is 11.3 Å². The Balaban J connectivity index is 1.71. The lowest BCUT2D eigenvalue weighted by Gasteiger charge is -2.35. The number of rotatable bonds is 4. The van der Waals surface area contributed by atoms with E-state index in [1.54, 1.807) is 12.1 Å². The Labute approximate surface area is 124 Å². The quantitative estimate of drug-likeness (QED) is 0.923. The first-order valence-electron chi connectivity index (χ1n) is 7.76. The minimum Gasteiger partial charge on any atom is -0.382 e. The molecule has 0 aromatic heterocycles. The number of halogens is 1. The van der Waals surface area contributed by atoms with Gasteiger partial charge in [0.15, 0.2) is 0 Å². The van der Waals surface area contributed by atoms with E-state index in [2.05, 4.69) is 10.2 Å². The molecular formula is C16H22FN3O. The number of para-hydroxylation sites is 1. The second-order valence-corrected chi connectivity index (χ2v) is 5.75. The minimum atomic E-state index is -0.362. The van der Waals surface area contributed by atoms with Crippen molar-refractivity contribution < 1.29 is 9.18 Å². The fourth-order valence-electron chi connectivity index (χ4n) is 2.96. The topological polar surface area (TPSA) is 35.6 Å². The molecule has 2 fully saturated rings. The molecule has 1 saturated carbocycles. The van der Waals surface area contributed by atoms with Gasteiger partial charge in [0, 0.05) is 38.8 Å². The van der Waals surface area contributed by atoms with Crippen LogP contribution in [0.4, 0.5) is 10.1 Å². The number of hydrogen-bond donors (Lipinski definition) is 1. The van der Waals surface area contributed by atoms with E-state index in [-0.39, 0.29) is 11.7 Å². The highest BCUT2D eigenvalue weighted by atomic mass is 19.1. The van der Waals surface area contributed by atoms with Gasteiger partial charge >= 0.3 is 0 Å². The third-order valence-electron chi connectivity index (χ3n) is 4.26. The van der Waals surface area contributed by atoms with Crippen LogP contribution in [-0.2, 0) is 0 Å². The molecule has 2 aliphatic rings. The number of benzene rings is 1. The Morgan fingerprint density at radius 3 is 2.62 bits per heavy atom. The molecule has 0 unspecified atom stereocenters.